The highest BCUT2D eigenvalue weighted by Gasteiger charge is 2.45. The molecule has 1 aliphatic carbocycles. The Hall–Kier alpha value is -1.06. The molecule has 11 heavy (non-hydrogen) atoms. The van der Waals surface area contributed by atoms with Gasteiger partial charge in [-0.05, 0) is 18.8 Å². The number of nitrogens with zero attached hydrogens (tertiary/aromatic N) is 1. The highest BCUT2D eigenvalue weighted by Crippen LogP contribution is 2.36. The quantitative estimate of drug-likeness (QED) is 0.538. The third-order valence-electron chi connectivity index (χ3n) is 2.30. The van der Waals surface area contributed by atoms with Crippen molar-refractivity contribution >= 4 is 11.9 Å². The molecule has 0 radical (unpaired) electrons. The average molecular weight is 154 g/mol. The second-order valence-electron chi connectivity index (χ2n) is 3.19. The van der Waals surface area contributed by atoms with E-state index in [4.69, 9.17) is 0 Å². The normalized spacial score (nSPS) is 31.0. The fourth-order valence-corrected chi connectivity index (χ4v) is 1.51. The number of hydrogen-bond donors (Lipinski definition) is 1. The molecule has 0 unspecified atom stereocenters. The van der Waals surface area contributed by atoms with Crippen LogP contribution in [-0.4, -0.2) is 29.9 Å². The van der Waals surface area contributed by atoms with Crippen LogP contribution < -0.4 is 5.32 Å². The standard InChI is InChI=1S/C7H10N2O2/c1-9-5(4-2-3-4)6(10)8-7(9)11/h4-5H,2-3H2,1H3,(H,8,10,11)/t5-/m0/s1. The molecule has 3 amide bonds. The third kappa shape index (κ3) is 0.895. The number of urea groups is 1. The predicted octanol–water partition coefficient (Wildman–Crippen LogP) is -0.0534. The number of nitrogens with one attached hydrogen (secondary N) is 1. The Balaban J connectivity index is 2.17. The smallest absolute Gasteiger partial charge is 0.315 e. The lowest BCUT2D eigenvalue weighted by atomic mass is 10.2. The maximum Gasteiger partial charge on any atom is 0.324 e. The maximum absolute atomic E-state index is 11.1. The van der Waals surface area contributed by atoms with E-state index in [0.29, 0.717) is 5.92 Å². The lowest BCUT2D eigenvalue weighted by Gasteiger charge is -2.14. The highest BCUT2D eigenvalue weighted by molar-refractivity contribution is 6.04. The number of rotatable bonds is 1. The van der Waals surface area contributed by atoms with Gasteiger partial charge in [-0.2, -0.15) is 0 Å². The van der Waals surface area contributed by atoms with Crippen molar-refractivity contribution in [2.75, 3.05) is 7.05 Å². The Bertz CT molecular complexity index is 222. The zero-order valence-corrected chi connectivity index (χ0v) is 6.33. The van der Waals surface area contributed by atoms with E-state index in [-0.39, 0.29) is 18.0 Å². The molecular weight excluding hydrogens is 144 g/mol. The molecule has 2 aliphatic rings. The first-order chi connectivity index (χ1) is 5.20. The lowest BCUT2D eigenvalue weighted by Crippen LogP contribution is -2.33. The second kappa shape index (κ2) is 1.96. The number of carbonyl (C=O) groups is 2. The van der Waals surface area contributed by atoms with E-state index in [9.17, 15) is 9.59 Å². The summed E-state index contributed by atoms with van der Waals surface area (Å²) in [4.78, 5) is 23.5. The summed E-state index contributed by atoms with van der Waals surface area (Å²) in [5, 5.41) is 2.29. The fourth-order valence-electron chi connectivity index (χ4n) is 1.51. The van der Waals surface area contributed by atoms with E-state index in [1.807, 2.05) is 0 Å². The zero-order valence-electron chi connectivity index (χ0n) is 6.33. The molecule has 1 saturated carbocycles. The summed E-state index contributed by atoms with van der Waals surface area (Å²) in [5.41, 5.74) is 0. The molecule has 1 atom stereocenters. The molecular formula is C7H10N2O2. The van der Waals surface area contributed by atoms with E-state index in [1.165, 1.54) is 4.90 Å². The summed E-state index contributed by atoms with van der Waals surface area (Å²) in [6.07, 6.45) is 2.16. The van der Waals surface area contributed by atoms with Gasteiger partial charge in [-0.15, -0.1) is 0 Å². The molecule has 4 heteroatoms. The molecule has 1 aliphatic heterocycles. The third-order valence-corrected chi connectivity index (χ3v) is 2.30. The zero-order chi connectivity index (χ0) is 8.01. The first-order valence-corrected chi connectivity index (χ1v) is 3.78. The number of amides is 3. The molecule has 1 heterocycles. The number of imide groups is 1. The number of carbonyl (C=O) groups excluding carboxylic acids is 2. The van der Waals surface area contributed by atoms with E-state index in [1.54, 1.807) is 7.05 Å². The Labute approximate surface area is 64.5 Å². The Morgan fingerprint density at radius 3 is 2.45 bits per heavy atom. The minimum atomic E-state index is -0.258. The van der Waals surface area contributed by atoms with Gasteiger partial charge in [0.25, 0.3) is 5.91 Å². The molecule has 0 bridgehead atoms. The van der Waals surface area contributed by atoms with Crippen molar-refractivity contribution in [2.45, 2.75) is 18.9 Å². The van der Waals surface area contributed by atoms with Crippen LogP contribution in [0.25, 0.3) is 0 Å². The van der Waals surface area contributed by atoms with Gasteiger partial charge in [0.15, 0.2) is 0 Å². The molecule has 1 N–H and O–H groups in total. The molecule has 4 nitrogen and oxygen atoms in total. The maximum atomic E-state index is 11.1. The molecule has 1 saturated heterocycles. The topological polar surface area (TPSA) is 49.4 Å². The van der Waals surface area contributed by atoms with Gasteiger partial charge < -0.3 is 4.90 Å². The van der Waals surface area contributed by atoms with Crippen molar-refractivity contribution in [2.24, 2.45) is 5.92 Å². The SMILES string of the molecule is CN1C(=O)NC(=O)[C@@H]1C1CC1. The lowest BCUT2D eigenvalue weighted by molar-refractivity contribution is -0.121. The van der Waals surface area contributed by atoms with Crippen molar-refractivity contribution in [3.8, 4) is 0 Å². The minimum Gasteiger partial charge on any atom is -0.315 e. The second-order valence-corrected chi connectivity index (χ2v) is 3.19. The summed E-state index contributed by atoms with van der Waals surface area (Å²) in [6.45, 7) is 0. The van der Waals surface area contributed by atoms with Crippen LogP contribution in [0.15, 0.2) is 0 Å². The van der Waals surface area contributed by atoms with Crippen molar-refractivity contribution < 1.29 is 9.59 Å². The summed E-state index contributed by atoms with van der Waals surface area (Å²) in [7, 11) is 1.67. The molecule has 0 aromatic carbocycles. The van der Waals surface area contributed by atoms with E-state index >= 15 is 0 Å². The van der Waals surface area contributed by atoms with Gasteiger partial charge in [-0.1, -0.05) is 0 Å². The largest absolute Gasteiger partial charge is 0.324 e. The van der Waals surface area contributed by atoms with Crippen LogP contribution in [0.1, 0.15) is 12.8 Å². The highest BCUT2D eigenvalue weighted by atomic mass is 16.2. The van der Waals surface area contributed by atoms with Crippen LogP contribution in [0, 0.1) is 5.92 Å². The predicted molar refractivity (Wildman–Crippen MR) is 37.8 cm³/mol. The van der Waals surface area contributed by atoms with Gasteiger partial charge in [0.2, 0.25) is 0 Å². The number of hydrogen-bond acceptors (Lipinski definition) is 2. The van der Waals surface area contributed by atoms with Crippen molar-refractivity contribution in [3.63, 3.8) is 0 Å². The van der Waals surface area contributed by atoms with E-state index < -0.39 is 0 Å². The average Bonchev–Trinajstić information content (AvgIpc) is 2.68. The van der Waals surface area contributed by atoms with Gasteiger partial charge in [-0.3, -0.25) is 10.1 Å². The van der Waals surface area contributed by atoms with Crippen molar-refractivity contribution in [1.82, 2.24) is 10.2 Å². The summed E-state index contributed by atoms with van der Waals surface area (Å²) >= 11 is 0. The number of likely N-dealkylation sites (N-methyl/N-ethyl adjacent to an activating group) is 1. The molecule has 60 valence electrons. The molecule has 0 aromatic rings. The summed E-state index contributed by atoms with van der Waals surface area (Å²) < 4.78 is 0. The van der Waals surface area contributed by atoms with Gasteiger partial charge in [0, 0.05) is 7.05 Å². The molecule has 0 spiro atoms. The molecule has 2 fully saturated rings. The van der Waals surface area contributed by atoms with Gasteiger partial charge in [0.1, 0.15) is 6.04 Å². The monoisotopic (exact) mass is 154 g/mol. The Morgan fingerprint density at radius 2 is 2.09 bits per heavy atom. The van der Waals surface area contributed by atoms with Gasteiger partial charge in [0.05, 0.1) is 0 Å². The molecule has 2 rings (SSSR count). The molecule has 0 aromatic heterocycles. The van der Waals surface area contributed by atoms with Crippen LogP contribution in [0.2, 0.25) is 0 Å². The first kappa shape index (κ1) is 6.64. The van der Waals surface area contributed by atoms with E-state index in [0.717, 1.165) is 12.8 Å². The Morgan fingerprint density at radius 1 is 1.45 bits per heavy atom. The summed E-state index contributed by atoms with van der Waals surface area (Å²) in [5.74, 6) is 0.298. The minimum absolute atomic E-state index is 0.125. The Kier molecular flexibility index (Phi) is 1.19. The van der Waals surface area contributed by atoms with Crippen molar-refractivity contribution in [1.29, 1.82) is 0 Å². The van der Waals surface area contributed by atoms with Gasteiger partial charge >= 0.3 is 6.03 Å². The first-order valence-electron chi connectivity index (χ1n) is 3.78. The van der Waals surface area contributed by atoms with Crippen LogP contribution in [0.5, 0.6) is 0 Å². The van der Waals surface area contributed by atoms with Crippen molar-refractivity contribution in [3.05, 3.63) is 0 Å². The van der Waals surface area contributed by atoms with Crippen LogP contribution in [0.4, 0.5) is 4.79 Å². The summed E-state index contributed by atoms with van der Waals surface area (Å²) in [6, 6.07) is -0.436. The van der Waals surface area contributed by atoms with Crippen LogP contribution in [0.3, 0.4) is 0 Å². The van der Waals surface area contributed by atoms with E-state index in [2.05, 4.69) is 5.32 Å². The fraction of sp³-hybridized carbons (Fsp3) is 0.714. The van der Waals surface area contributed by atoms with Crippen LogP contribution >= 0.6 is 0 Å². The van der Waals surface area contributed by atoms with Crippen LogP contribution in [-0.2, 0) is 4.79 Å². The van der Waals surface area contributed by atoms with Gasteiger partial charge in [-0.25, -0.2) is 4.79 Å².